The van der Waals surface area contributed by atoms with Crippen LogP contribution in [0.1, 0.15) is 6.42 Å². The summed E-state index contributed by atoms with van der Waals surface area (Å²) in [5.41, 5.74) is 8.99. The molecule has 0 bridgehead atoms. The van der Waals surface area contributed by atoms with Gasteiger partial charge in [0.2, 0.25) is 0 Å². The average Bonchev–Trinajstić information content (AvgIpc) is 3.03. The predicted molar refractivity (Wildman–Crippen MR) is 107 cm³/mol. The van der Waals surface area contributed by atoms with E-state index in [-0.39, 0.29) is 12.4 Å². The van der Waals surface area contributed by atoms with Gasteiger partial charge in [-0.1, -0.05) is 18.2 Å². The molecule has 2 aromatic carbocycles. The number of thiazole rings is 1. The molecule has 1 aromatic heterocycles. The Morgan fingerprint density at radius 3 is 2.44 bits per heavy atom. The first-order chi connectivity index (χ1) is 11.8. The first kappa shape index (κ1) is 19.2. The summed E-state index contributed by atoms with van der Waals surface area (Å²) < 4.78 is 7.49. The first-order valence-corrected chi connectivity index (χ1v) is 8.82. The molecule has 0 radical (unpaired) electrons. The highest BCUT2D eigenvalue weighted by Gasteiger charge is 2.08. The number of para-hydroxylation sites is 1. The maximum atomic E-state index is 5.72. The Labute approximate surface area is 158 Å². The molecule has 2 N–H and O–H groups in total. The molecule has 0 unspecified atom stereocenters. The highest BCUT2D eigenvalue weighted by atomic mass is 35.5. The SMILES string of the molecule is COc1ccc(-c2cs/c(=N/c3ccccc3)n2CCCN)cc1.Cl. The smallest absolute Gasteiger partial charge is 0.190 e. The number of methoxy groups -OCH3 is 1. The number of benzene rings is 2. The molecule has 0 aliphatic rings. The molecule has 4 nitrogen and oxygen atoms in total. The summed E-state index contributed by atoms with van der Waals surface area (Å²) in [6.45, 7) is 1.52. The summed E-state index contributed by atoms with van der Waals surface area (Å²) in [5.74, 6) is 0.858. The fourth-order valence-electron chi connectivity index (χ4n) is 2.49. The Bertz CT molecular complexity index is 841. The van der Waals surface area contributed by atoms with Crippen LogP contribution in [0.2, 0.25) is 0 Å². The minimum atomic E-state index is 0. The summed E-state index contributed by atoms with van der Waals surface area (Å²) in [5, 5.41) is 2.15. The van der Waals surface area contributed by atoms with Gasteiger partial charge in [0, 0.05) is 11.9 Å². The van der Waals surface area contributed by atoms with Crippen molar-refractivity contribution in [3.8, 4) is 17.0 Å². The predicted octanol–water partition coefficient (Wildman–Crippen LogP) is 4.23. The maximum Gasteiger partial charge on any atom is 0.190 e. The highest BCUT2D eigenvalue weighted by Crippen LogP contribution is 2.23. The van der Waals surface area contributed by atoms with Crippen molar-refractivity contribution in [2.75, 3.05) is 13.7 Å². The van der Waals surface area contributed by atoms with Crippen molar-refractivity contribution in [3.05, 3.63) is 64.8 Å². The van der Waals surface area contributed by atoms with Crippen molar-refractivity contribution in [2.45, 2.75) is 13.0 Å². The van der Waals surface area contributed by atoms with E-state index in [9.17, 15) is 0 Å². The molecule has 1 heterocycles. The summed E-state index contributed by atoms with van der Waals surface area (Å²) in [6, 6.07) is 18.1. The van der Waals surface area contributed by atoms with E-state index in [1.807, 2.05) is 42.5 Å². The molecule has 0 amide bonds. The van der Waals surface area contributed by atoms with E-state index in [0.29, 0.717) is 6.54 Å². The van der Waals surface area contributed by atoms with Crippen LogP contribution in [0.15, 0.2) is 65.0 Å². The quantitative estimate of drug-likeness (QED) is 0.701. The van der Waals surface area contributed by atoms with E-state index in [2.05, 4.69) is 22.1 Å². The minimum Gasteiger partial charge on any atom is -0.497 e. The van der Waals surface area contributed by atoms with Crippen molar-refractivity contribution >= 4 is 29.4 Å². The van der Waals surface area contributed by atoms with Crippen LogP contribution >= 0.6 is 23.7 Å². The lowest BCUT2D eigenvalue weighted by Gasteiger charge is -2.09. The van der Waals surface area contributed by atoms with E-state index >= 15 is 0 Å². The Hall–Kier alpha value is -2.08. The van der Waals surface area contributed by atoms with Crippen molar-refractivity contribution in [1.29, 1.82) is 0 Å². The number of rotatable bonds is 6. The van der Waals surface area contributed by atoms with Crippen LogP contribution in [-0.2, 0) is 6.54 Å². The summed E-state index contributed by atoms with van der Waals surface area (Å²) in [7, 11) is 1.68. The third-order valence-corrected chi connectivity index (χ3v) is 4.61. The van der Waals surface area contributed by atoms with Gasteiger partial charge >= 0.3 is 0 Å². The maximum absolute atomic E-state index is 5.72. The van der Waals surface area contributed by atoms with Crippen molar-refractivity contribution < 1.29 is 4.74 Å². The molecule has 0 aliphatic carbocycles. The summed E-state index contributed by atoms with van der Waals surface area (Å²) >= 11 is 1.65. The Kier molecular flexibility index (Phi) is 7.25. The second kappa shape index (κ2) is 9.42. The van der Waals surface area contributed by atoms with Gasteiger partial charge in [0.15, 0.2) is 4.80 Å². The van der Waals surface area contributed by atoms with E-state index in [0.717, 1.165) is 40.5 Å². The highest BCUT2D eigenvalue weighted by molar-refractivity contribution is 7.07. The van der Waals surface area contributed by atoms with Crippen LogP contribution in [0.5, 0.6) is 5.75 Å². The molecule has 0 atom stereocenters. The number of halogens is 1. The fourth-order valence-corrected chi connectivity index (χ4v) is 3.44. The van der Waals surface area contributed by atoms with Crippen molar-refractivity contribution in [3.63, 3.8) is 0 Å². The van der Waals surface area contributed by atoms with Gasteiger partial charge in [-0.3, -0.25) is 0 Å². The van der Waals surface area contributed by atoms with Crippen molar-refractivity contribution in [2.24, 2.45) is 10.7 Å². The molecule has 0 saturated heterocycles. The molecule has 0 fully saturated rings. The van der Waals surface area contributed by atoms with Gasteiger partial charge in [0.25, 0.3) is 0 Å². The van der Waals surface area contributed by atoms with Gasteiger partial charge in [0.05, 0.1) is 18.5 Å². The number of hydrogen-bond acceptors (Lipinski definition) is 4. The van der Waals surface area contributed by atoms with E-state index in [1.54, 1.807) is 18.4 Å². The van der Waals surface area contributed by atoms with Crippen LogP contribution in [0.4, 0.5) is 5.69 Å². The molecule has 3 rings (SSSR count). The van der Waals surface area contributed by atoms with E-state index in [1.165, 1.54) is 0 Å². The molecule has 3 aromatic rings. The molecule has 132 valence electrons. The standard InChI is InChI=1S/C19H21N3OS.ClH/c1-23-17-10-8-15(9-11-17)18-14-24-19(22(18)13-5-12-20)21-16-6-3-2-4-7-16;/h2-4,6-11,14H,5,12-13,20H2,1H3;1H/b21-19+;. The van der Waals surface area contributed by atoms with Crippen LogP contribution in [0, 0.1) is 0 Å². The summed E-state index contributed by atoms with van der Waals surface area (Å²) in [4.78, 5) is 5.78. The topological polar surface area (TPSA) is 52.5 Å². The number of hydrogen-bond donors (Lipinski definition) is 1. The minimum absolute atomic E-state index is 0. The van der Waals surface area contributed by atoms with Gasteiger partial charge < -0.3 is 15.0 Å². The zero-order valence-corrected chi connectivity index (χ0v) is 15.7. The lowest BCUT2D eigenvalue weighted by atomic mass is 10.1. The number of nitrogens with two attached hydrogens (primary N) is 1. The largest absolute Gasteiger partial charge is 0.497 e. The average molecular weight is 376 g/mol. The fraction of sp³-hybridized carbons (Fsp3) is 0.211. The van der Waals surface area contributed by atoms with Crippen LogP contribution in [-0.4, -0.2) is 18.2 Å². The second-order valence-electron chi connectivity index (χ2n) is 5.37. The molecule has 0 aliphatic heterocycles. The van der Waals surface area contributed by atoms with E-state index < -0.39 is 0 Å². The van der Waals surface area contributed by atoms with Gasteiger partial charge in [-0.2, -0.15) is 0 Å². The van der Waals surface area contributed by atoms with Crippen LogP contribution < -0.4 is 15.3 Å². The third kappa shape index (κ3) is 4.72. The molecular formula is C19H22ClN3OS. The van der Waals surface area contributed by atoms with Gasteiger partial charge in [-0.05, 0) is 54.9 Å². The zero-order chi connectivity index (χ0) is 16.8. The molecule has 0 saturated carbocycles. The second-order valence-corrected chi connectivity index (χ2v) is 6.21. The first-order valence-electron chi connectivity index (χ1n) is 7.94. The molecule has 6 heteroatoms. The Morgan fingerprint density at radius 1 is 1.08 bits per heavy atom. The zero-order valence-electron chi connectivity index (χ0n) is 14.1. The number of nitrogens with zero attached hydrogens (tertiary/aromatic N) is 2. The molecule has 25 heavy (non-hydrogen) atoms. The Morgan fingerprint density at radius 2 is 1.80 bits per heavy atom. The van der Waals surface area contributed by atoms with Crippen LogP contribution in [0.25, 0.3) is 11.3 Å². The normalized spacial score (nSPS) is 11.2. The lowest BCUT2D eigenvalue weighted by molar-refractivity contribution is 0.415. The summed E-state index contributed by atoms with van der Waals surface area (Å²) in [6.07, 6.45) is 0.919. The van der Waals surface area contributed by atoms with Gasteiger partial charge in [-0.25, -0.2) is 4.99 Å². The third-order valence-electron chi connectivity index (χ3n) is 3.75. The monoisotopic (exact) mass is 375 g/mol. The molecule has 0 spiro atoms. The van der Waals surface area contributed by atoms with Crippen LogP contribution in [0.3, 0.4) is 0 Å². The number of aromatic nitrogens is 1. The Balaban J connectivity index is 0.00000225. The molecular weight excluding hydrogens is 354 g/mol. The van der Waals surface area contributed by atoms with Gasteiger partial charge in [0.1, 0.15) is 5.75 Å². The van der Waals surface area contributed by atoms with Gasteiger partial charge in [-0.15, -0.1) is 23.7 Å². The lowest BCUT2D eigenvalue weighted by Crippen LogP contribution is -2.18. The van der Waals surface area contributed by atoms with E-state index in [4.69, 9.17) is 15.5 Å². The number of ether oxygens (including phenoxy) is 1. The van der Waals surface area contributed by atoms with Crippen molar-refractivity contribution in [1.82, 2.24) is 4.57 Å².